The number of carbonyl (C=O) groups is 1. The van der Waals surface area contributed by atoms with Gasteiger partial charge in [-0.05, 0) is 25.9 Å². The van der Waals surface area contributed by atoms with Crippen LogP contribution in [-0.4, -0.2) is 35.5 Å². The van der Waals surface area contributed by atoms with Gasteiger partial charge in [0, 0.05) is 24.6 Å². The first kappa shape index (κ1) is 14.0. The smallest absolute Gasteiger partial charge is 0.203 e. The van der Waals surface area contributed by atoms with E-state index in [1.54, 1.807) is 6.07 Å². The Kier molecular flexibility index (Phi) is 4.46. The van der Waals surface area contributed by atoms with E-state index in [0.717, 1.165) is 30.9 Å². The molecule has 3 rings (SSSR count). The topological polar surface area (TPSA) is 46.3 Å². The molecule has 1 aliphatic heterocycles. The SMILES string of the molecule is O=C(CCN1CCCCC1)c1cc(-c2ccccc2)no1. The zero-order chi connectivity index (χ0) is 14.5. The van der Waals surface area contributed by atoms with E-state index >= 15 is 0 Å². The number of likely N-dealkylation sites (tertiary alicyclic amines) is 1. The lowest BCUT2D eigenvalue weighted by atomic mass is 10.1. The molecule has 0 unspecified atom stereocenters. The lowest BCUT2D eigenvalue weighted by Crippen LogP contribution is -2.31. The molecule has 0 spiro atoms. The average molecular weight is 284 g/mol. The highest BCUT2D eigenvalue weighted by Crippen LogP contribution is 2.19. The van der Waals surface area contributed by atoms with Crippen LogP contribution in [-0.2, 0) is 0 Å². The van der Waals surface area contributed by atoms with Crippen LogP contribution in [0.2, 0.25) is 0 Å². The number of Topliss-reactive ketones (excluding diaryl/α,β-unsaturated/α-hetero) is 1. The molecule has 0 N–H and O–H groups in total. The minimum Gasteiger partial charge on any atom is -0.352 e. The number of hydrogen-bond acceptors (Lipinski definition) is 4. The first-order valence-corrected chi connectivity index (χ1v) is 7.60. The first-order valence-electron chi connectivity index (χ1n) is 7.60. The highest BCUT2D eigenvalue weighted by atomic mass is 16.5. The van der Waals surface area contributed by atoms with Gasteiger partial charge in [0.15, 0.2) is 0 Å². The molecular weight excluding hydrogens is 264 g/mol. The van der Waals surface area contributed by atoms with Crippen LogP contribution in [0, 0.1) is 0 Å². The minimum absolute atomic E-state index is 0.0373. The van der Waals surface area contributed by atoms with Crippen molar-refractivity contribution in [2.45, 2.75) is 25.7 Å². The molecule has 1 aromatic carbocycles. The maximum atomic E-state index is 12.2. The third-order valence-corrected chi connectivity index (χ3v) is 3.96. The molecule has 4 heteroatoms. The summed E-state index contributed by atoms with van der Waals surface area (Å²) in [6, 6.07) is 11.5. The largest absolute Gasteiger partial charge is 0.352 e. The molecule has 0 bridgehead atoms. The Labute approximate surface area is 124 Å². The maximum Gasteiger partial charge on any atom is 0.203 e. The molecule has 1 aromatic heterocycles. The molecule has 1 aliphatic rings. The third kappa shape index (κ3) is 3.58. The van der Waals surface area contributed by atoms with Crippen molar-refractivity contribution in [2.75, 3.05) is 19.6 Å². The normalized spacial score (nSPS) is 16.0. The van der Waals surface area contributed by atoms with Crippen molar-refractivity contribution in [2.24, 2.45) is 0 Å². The Hall–Kier alpha value is -1.94. The molecule has 0 aliphatic carbocycles. The second-order valence-corrected chi connectivity index (χ2v) is 5.52. The number of hydrogen-bond donors (Lipinski definition) is 0. The Morgan fingerprint density at radius 3 is 2.67 bits per heavy atom. The van der Waals surface area contributed by atoms with E-state index in [4.69, 9.17) is 4.52 Å². The van der Waals surface area contributed by atoms with Crippen molar-refractivity contribution in [1.82, 2.24) is 10.1 Å². The van der Waals surface area contributed by atoms with Crippen molar-refractivity contribution >= 4 is 5.78 Å². The molecule has 0 radical (unpaired) electrons. The van der Waals surface area contributed by atoms with Gasteiger partial charge in [-0.1, -0.05) is 41.9 Å². The van der Waals surface area contributed by atoms with Gasteiger partial charge in [-0.3, -0.25) is 4.79 Å². The monoisotopic (exact) mass is 284 g/mol. The Morgan fingerprint density at radius 2 is 1.90 bits per heavy atom. The second kappa shape index (κ2) is 6.68. The van der Waals surface area contributed by atoms with Gasteiger partial charge in [-0.15, -0.1) is 0 Å². The van der Waals surface area contributed by atoms with Gasteiger partial charge in [0.2, 0.25) is 11.5 Å². The fraction of sp³-hybridized carbons (Fsp3) is 0.412. The van der Waals surface area contributed by atoms with Crippen LogP contribution in [0.25, 0.3) is 11.3 Å². The predicted molar refractivity (Wildman–Crippen MR) is 81.2 cm³/mol. The fourth-order valence-corrected chi connectivity index (χ4v) is 2.72. The van der Waals surface area contributed by atoms with Crippen molar-refractivity contribution in [3.8, 4) is 11.3 Å². The van der Waals surface area contributed by atoms with Crippen molar-refractivity contribution < 1.29 is 9.32 Å². The van der Waals surface area contributed by atoms with Gasteiger partial charge in [0.1, 0.15) is 5.69 Å². The summed E-state index contributed by atoms with van der Waals surface area (Å²) >= 11 is 0. The van der Waals surface area contributed by atoms with Crippen LogP contribution >= 0.6 is 0 Å². The third-order valence-electron chi connectivity index (χ3n) is 3.96. The van der Waals surface area contributed by atoms with Gasteiger partial charge in [0.25, 0.3) is 0 Å². The van der Waals surface area contributed by atoms with E-state index in [1.807, 2.05) is 30.3 Å². The van der Waals surface area contributed by atoms with Crippen LogP contribution in [0.3, 0.4) is 0 Å². The summed E-state index contributed by atoms with van der Waals surface area (Å²) in [4.78, 5) is 14.5. The number of nitrogens with zero attached hydrogens (tertiary/aromatic N) is 2. The van der Waals surface area contributed by atoms with Gasteiger partial charge < -0.3 is 9.42 Å². The molecule has 110 valence electrons. The highest BCUT2D eigenvalue weighted by molar-refractivity contribution is 5.94. The van der Waals surface area contributed by atoms with E-state index in [0.29, 0.717) is 12.2 Å². The fourth-order valence-electron chi connectivity index (χ4n) is 2.72. The Balaban J connectivity index is 1.59. The van der Waals surface area contributed by atoms with Gasteiger partial charge in [-0.2, -0.15) is 0 Å². The number of ketones is 1. The summed E-state index contributed by atoms with van der Waals surface area (Å²) in [6.07, 6.45) is 4.31. The van der Waals surface area contributed by atoms with E-state index in [9.17, 15) is 4.79 Å². The van der Waals surface area contributed by atoms with Crippen molar-refractivity contribution in [3.63, 3.8) is 0 Å². The Morgan fingerprint density at radius 1 is 1.14 bits per heavy atom. The zero-order valence-corrected chi connectivity index (χ0v) is 12.1. The standard InChI is InChI=1S/C17H20N2O2/c20-16(9-12-19-10-5-2-6-11-19)17-13-15(18-21-17)14-7-3-1-4-8-14/h1,3-4,7-8,13H,2,5-6,9-12H2. The highest BCUT2D eigenvalue weighted by Gasteiger charge is 2.16. The van der Waals surface area contributed by atoms with Gasteiger partial charge in [0.05, 0.1) is 0 Å². The van der Waals surface area contributed by atoms with Crippen molar-refractivity contribution in [1.29, 1.82) is 0 Å². The summed E-state index contributed by atoms with van der Waals surface area (Å²) in [5.41, 5.74) is 1.69. The maximum absolute atomic E-state index is 12.2. The lowest BCUT2D eigenvalue weighted by Gasteiger charge is -2.25. The van der Waals surface area contributed by atoms with Crippen LogP contribution in [0.1, 0.15) is 36.2 Å². The predicted octanol–water partition coefficient (Wildman–Crippen LogP) is 3.40. The van der Waals surface area contributed by atoms with Crippen LogP contribution < -0.4 is 0 Å². The van der Waals surface area contributed by atoms with Crippen LogP contribution in [0.4, 0.5) is 0 Å². The van der Waals surface area contributed by atoms with Crippen molar-refractivity contribution in [3.05, 3.63) is 42.2 Å². The second-order valence-electron chi connectivity index (χ2n) is 5.52. The molecule has 1 fully saturated rings. The number of aromatic nitrogens is 1. The molecule has 21 heavy (non-hydrogen) atoms. The quantitative estimate of drug-likeness (QED) is 0.789. The van der Waals surface area contributed by atoms with Crippen LogP contribution in [0.15, 0.2) is 40.9 Å². The van der Waals surface area contributed by atoms with Gasteiger partial charge >= 0.3 is 0 Å². The van der Waals surface area contributed by atoms with Gasteiger partial charge in [-0.25, -0.2) is 0 Å². The average Bonchev–Trinajstić information content (AvgIpc) is 3.04. The molecule has 0 amide bonds. The lowest BCUT2D eigenvalue weighted by molar-refractivity contribution is 0.0923. The molecule has 4 nitrogen and oxygen atoms in total. The Bertz CT molecular complexity index is 586. The zero-order valence-electron chi connectivity index (χ0n) is 12.1. The minimum atomic E-state index is 0.0373. The molecule has 2 heterocycles. The summed E-state index contributed by atoms with van der Waals surface area (Å²) in [7, 11) is 0. The number of rotatable bonds is 5. The van der Waals surface area contributed by atoms with Crippen LogP contribution in [0.5, 0.6) is 0 Å². The van der Waals surface area contributed by atoms with E-state index in [2.05, 4.69) is 10.1 Å². The van der Waals surface area contributed by atoms with E-state index in [-0.39, 0.29) is 5.78 Å². The summed E-state index contributed by atoms with van der Waals surface area (Å²) < 4.78 is 5.20. The molecule has 1 saturated heterocycles. The number of carbonyl (C=O) groups excluding carboxylic acids is 1. The molecule has 0 atom stereocenters. The first-order chi connectivity index (χ1) is 10.3. The van der Waals surface area contributed by atoms with E-state index in [1.165, 1.54) is 19.3 Å². The number of piperidine rings is 1. The summed E-state index contributed by atoms with van der Waals surface area (Å²) in [5.74, 6) is 0.404. The summed E-state index contributed by atoms with van der Waals surface area (Å²) in [6.45, 7) is 3.04. The van der Waals surface area contributed by atoms with E-state index < -0.39 is 0 Å². The molecule has 0 saturated carbocycles. The molecular formula is C17H20N2O2. The number of benzene rings is 1. The summed E-state index contributed by atoms with van der Waals surface area (Å²) in [5, 5.41) is 3.99. The molecule has 2 aromatic rings.